The van der Waals surface area contributed by atoms with Crippen LogP contribution < -0.4 is 10.6 Å². The van der Waals surface area contributed by atoms with Gasteiger partial charge in [-0.25, -0.2) is 4.79 Å². The number of phenols is 1. The molecule has 3 atom stereocenters. The van der Waals surface area contributed by atoms with Gasteiger partial charge in [0.05, 0.1) is 0 Å². The zero-order valence-electron chi connectivity index (χ0n) is 21.3. The number of nitrogens with zero attached hydrogens (tertiary/aromatic N) is 1. The molecule has 1 rings (SSSR count). The largest absolute Gasteiger partial charge is 0.508 e. The van der Waals surface area contributed by atoms with E-state index in [0.717, 1.165) is 12.8 Å². The summed E-state index contributed by atoms with van der Waals surface area (Å²) < 4.78 is 5.33. The summed E-state index contributed by atoms with van der Waals surface area (Å²) in [5.41, 5.74) is -0.398. The quantitative estimate of drug-likeness (QED) is 0.483. The predicted molar refractivity (Wildman–Crippen MR) is 129 cm³/mol. The molecule has 33 heavy (non-hydrogen) atoms. The number of benzene rings is 1. The average Bonchev–Trinajstić information content (AvgIpc) is 2.66. The number of hydrogen-bond acceptors (Lipinski definition) is 5. The first-order valence-corrected chi connectivity index (χ1v) is 11.6. The lowest BCUT2D eigenvalue weighted by Crippen LogP contribution is -2.52. The Balaban J connectivity index is 3.26. The summed E-state index contributed by atoms with van der Waals surface area (Å²) in [4.78, 5) is 40.5. The molecule has 0 spiro atoms. The summed E-state index contributed by atoms with van der Waals surface area (Å²) in [5.74, 6) is -0.819. The molecule has 8 heteroatoms. The van der Waals surface area contributed by atoms with Gasteiger partial charge in [-0.3, -0.25) is 9.59 Å². The van der Waals surface area contributed by atoms with E-state index in [2.05, 4.69) is 10.6 Å². The lowest BCUT2D eigenvalue weighted by Gasteiger charge is -2.33. The molecule has 0 saturated carbocycles. The highest BCUT2D eigenvalue weighted by Gasteiger charge is 2.35. The first-order chi connectivity index (χ1) is 15.3. The number of phenolic OH excluding ortho intramolecular Hbond substituents is 1. The molecule has 8 nitrogen and oxygen atoms in total. The van der Waals surface area contributed by atoms with E-state index in [1.54, 1.807) is 39.0 Å². The van der Waals surface area contributed by atoms with Gasteiger partial charge in [-0.1, -0.05) is 45.4 Å². The molecule has 0 saturated heterocycles. The maximum atomic E-state index is 13.5. The van der Waals surface area contributed by atoms with Gasteiger partial charge < -0.3 is 25.4 Å². The van der Waals surface area contributed by atoms with Crippen LogP contribution in [0.2, 0.25) is 0 Å². The molecule has 0 fully saturated rings. The number of carbonyl (C=O) groups is 3. The Morgan fingerprint density at radius 1 is 1.09 bits per heavy atom. The van der Waals surface area contributed by atoms with E-state index < -0.39 is 35.6 Å². The van der Waals surface area contributed by atoms with Gasteiger partial charge in [0.1, 0.15) is 23.4 Å². The van der Waals surface area contributed by atoms with E-state index in [1.807, 2.05) is 27.7 Å². The SMILES string of the molecule is CCCC(C)NC(=O)C(c1ccccc1O)N(C)C(=O)C(CC(C)C)NC(=O)OC(C)(C)C. The summed E-state index contributed by atoms with van der Waals surface area (Å²) in [6.07, 6.45) is 1.35. The molecule has 3 N–H and O–H groups in total. The number of likely N-dealkylation sites (N-methyl/N-ethyl adjacent to an activating group) is 1. The number of para-hydroxylation sites is 1. The molecule has 186 valence electrons. The van der Waals surface area contributed by atoms with Crippen LogP contribution in [0.25, 0.3) is 0 Å². The predicted octanol–water partition coefficient (Wildman–Crippen LogP) is 4.14. The minimum atomic E-state index is -1.06. The van der Waals surface area contributed by atoms with Crippen LogP contribution in [0.5, 0.6) is 5.75 Å². The fraction of sp³-hybridized carbons (Fsp3) is 0.640. The number of alkyl carbamates (subject to hydrolysis) is 1. The average molecular weight is 464 g/mol. The summed E-state index contributed by atoms with van der Waals surface area (Å²) >= 11 is 0. The highest BCUT2D eigenvalue weighted by Crippen LogP contribution is 2.29. The number of hydrogen-bond donors (Lipinski definition) is 3. The molecular formula is C25H41N3O5. The van der Waals surface area contributed by atoms with Crippen molar-refractivity contribution in [1.82, 2.24) is 15.5 Å². The highest BCUT2D eigenvalue weighted by molar-refractivity contribution is 5.92. The van der Waals surface area contributed by atoms with Crippen LogP contribution >= 0.6 is 0 Å². The van der Waals surface area contributed by atoms with E-state index in [-0.39, 0.29) is 17.7 Å². The zero-order valence-corrected chi connectivity index (χ0v) is 21.3. The maximum absolute atomic E-state index is 13.5. The van der Waals surface area contributed by atoms with E-state index in [9.17, 15) is 19.5 Å². The smallest absolute Gasteiger partial charge is 0.408 e. The zero-order chi connectivity index (χ0) is 25.3. The lowest BCUT2D eigenvalue weighted by molar-refractivity contribution is -0.141. The van der Waals surface area contributed by atoms with E-state index >= 15 is 0 Å². The summed E-state index contributed by atoms with van der Waals surface area (Å²) in [5, 5.41) is 16.0. The normalized spacial score (nSPS) is 14.2. The lowest BCUT2D eigenvalue weighted by atomic mass is 9.99. The van der Waals surface area contributed by atoms with Crippen molar-refractivity contribution in [2.45, 2.75) is 91.5 Å². The summed E-state index contributed by atoms with van der Waals surface area (Å²) in [6.45, 7) is 13.0. The second-order valence-electron chi connectivity index (χ2n) is 9.94. The Hall–Kier alpha value is -2.77. The Morgan fingerprint density at radius 2 is 1.70 bits per heavy atom. The summed E-state index contributed by atoms with van der Waals surface area (Å²) in [6, 6.07) is 4.41. The minimum Gasteiger partial charge on any atom is -0.508 e. The van der Waals surface area contributed by atoms with Crippen LogP contribution in [-0.2, 0) is 14.3 Å². The monoisotopic (exact) mass is 463 g/mol. The summed E-state index contributed by atoms with van der Waals surface area (Å²) in [7, 11) is 1.51. The third-order valence-electron chi connectivity index (χ3n) is 5.02. The fourth-order valence-electron chi connectivity index (χ4n) is 3.59. The van der Waals surface area contributed by atoms with Crippen molar-refractivity contribution in [3.63, 3.8) is 0 Å². The Morgan fingerprint density at radius 3 is 2.21 bits per heavy atom. The molecule has 1 aromatic carbocycles. The fourth-order valence-corrected chi connectivity index (χ4v) is 3.59. The molecule has 0 aliphatic carbocycles. The van der Waals surface area contributed by atoms with Crippen LogP contribution in [0, 0.1) is 5.92 Å². The van der Waals surface area contributed by atoms with Crippen molar-refractivity contribution in [3.8, 4) is 5.75 Å². The van der Waals surface area contributed by atoms with Crippen molar-refractivity contribution in [1.29, 1.82) is 0 Å². The van der Waals surface area contributed by atoms with Crippen molar-refractivity contribution < 1.29 is 24.2 Å². The molecule has 3 unspecified atom stereocenters. The van der Waals surface area contributed by atoms with Crippen LogP contribution in [0.15, 0.2) is 24.3 Å². The van der Waals surface area contributed by atoms with Gasteiger partial charge in [-0.2, -0.15) is 0 Å². The van der Waals surface area contributed by atoms with Crippen LogP contribution in [0.3, 0.4) is 0 Å². The molecule has 0 radical (unpaired) electrons. The van der Waals surface area contributed by atoms with Gasteiger partial charge in [0, 0.05) is 18.7 Å². The number of ether oxygens (including phenoxy) is 1. The maximum Gasteiger partial charge on any atom is 0.408 e. The van der Waals surface area contributed by atoms with Crippen LogP contribution in [-0.4, -0.2) is 52.6 Å². The number of carbonyl (C=O) groups excluding carboxylic acids is 3. The van der Waals surface area contributed by atoms with Crippen molar-refractivity contribution in [2.24, 2.45) is 5.92 Å². The van der Waals surface area contributed by atoms with E-state index in [0.29, 0.717) is 12.0 Å². The van der Waals surface area contributed by atoms with Crippen molar-refractivity contribution in [3.05, 3.63) is 29.8 Å². The molecule has 0 aromatic heterocycles. The van der Waals surface area contributed by atoms with Crippen LogP contribution in [0.1, 0.15) is 79.3 Å². The Kier molecular flexibility index (Phi) is 10.7. The molecule has 0 aliphatic heterocycles. The van der Waals surface area contributed by atoms with Crippen LogP contribution in [0.4, 0.5) is 4.79 Å². The Bertz CT molecular complexity index is 803. The first kappa shape index (κ1) is 28.3. The molecule has 3 amide bonds. The van der Waals surface area contributed by atoms with Gasteiger partial charge in [-0.05, 0) is 52.5 Å². The Labute approximate surface area is 198 Å². The van der Waals surface area contributed by atoms with Gasteiger partial charge in [0.25, 0.3) is 0 Å². The first-order valence-electron chi connectivity index (χ1n) is 11.6. The van der Waals surface area contributed by atoms with E-state index in [1.165, 1.54) is 18.0 Å². The number of nitrogens with one attached hydrogen (secondary N) is 2. The van der Waals surface area contributed by atoms with Gasteiger partial charge in [-0.15, -0.1) is 0 Å². The number of amides is 3. The van der Waals surface area contributed by atoms with Gasteiger partial charge in [0.2, 0.25) is 11.8 Å². The highest BCUT2D eigenvalue weighted by atomic mass is 16.6. The number of rotatable bonds is 10. The standard InChI is InChI=1S/C25H41N3O5/c1-9-12-17(4)26-22(30)21(18-13-10-11-14-20(18)29)28(8)23(31)19(15-16(2)3)27-24(32)33-25(5,6)7/h10-11,13-14,16-17,19,21,29H,9,12,15H2,1-8H3,(H,26,30)(H,27,32). The molecule has 1 aromatic rings. The minimum absolute atomic E-state index is 0.0824. The molecular weight excluding hydrogens is 422 g/mol. The van der Waals surface area contributed by atoms with E-state index in [4.69, 9.17) is 4.74 Å². The third-order valence-corrected chi connectivity index (χ3v) is 5.02. The second kappa shape index (κ2) is 12.5. The van der Waals surface area contributed by atoms with Crippen molar-refractivity contribution in [2.75, 3.05) is 7.05 Å². The van der Waals surface area contributed by atoms with Gasteiger partial charge >= 0.3 is 6.09 Å². The topological polar surface area (TPSA) is 108 Å². The molecule has 0 heterocycles. The molecule has 0 bridgehead atoms. The molecule has 0 aliphatic rings. The second-order valence-corrected chi connectivity index (χ2v) is 9.94. The third kappa shape index (κ3) is 9.32. The number of aromatic hydroxyl groups is 1. The van der Waals surface area contributed by atoms with Gasteiger partial charge in [0.15, 0.2) is 0 Å². The van der Waals surface area contributed by atoms with Crippen molar-refractivity contribution >= 4 is 17.9 Å².